The van der Waals surface area contributed by atoms with Crippen molar-refractivity contribution in [3.63, 3.8) is 0 Å². The first-order valence-corrected chi connectivity index (χ1v) is 9.35. The first kappa shape index (κ1) is 15.6. The van der Waals surface area contributed by atoms with Crippen LogP contribution in [0.25, 0.3) is 0 Å². The molecule has 3 rings (SSSR count). The lowest BCUT2D eigenvalue weighted by Crippen LogP contribution is -2.44. The van der Waals surface area contributed by atoms with Crippen LogP contribution in [-0.4, -0.2) is 34.7 Å². The molecule has 1 aromatic rings. The van der Waals surface area contributed by atoms with Crippen LogP contribution in [0.5, 0.6) is 5.88 Å². The lowest BCUT2D eigenvalue weighted by atomic mass is 9.92. The molecule has 118 valence electrons. The van der Waals surface area contributed by atoms with E-state index in [0.717, 1.165) is 12.8 Å². The molecule has 5 heteroatoms. The first-order chi connectivity index (χ1) is 10.8. The molecule has 1 saturated heterocycles. The van der Waals surface area contributed by atoms with Crippen LogP contribution in [0.15, 0.2) is 18.3 Å². The van der Waals surface area contributed by atoms with Crippen molar-refractivity contribution >= 4 is 11.8 Å². The van der Waals surface area contributed by atoms with Gasteiger partial charge < -0.3 is 10.1 Å². The first-order valence-electron chi connectivity index (χ1n) is 8.20. The highest BCUT2D eigenvalue weighted by atomic mass is 32.2. The maximum absolute atomic E-state index is 8.77. The number of aromatic nitrogens is 1. The molecule has 4 nitrogen and oxygen atoms in total. The van der Waals surface area contributed by atoms with Crippen molar-refractivity contribution in [2.45, 2.75) is 56.7 Å². The number of nitrogens with zero attached hydrogens (tertiary/aromatic N) is 2. The second-order valence-electron chi connectivity index (χ2n) is 6.17. The predicted molar refractivity (Wildman–Crippen MR) is 89.1 cm³/mol. The molecule has 2 aliphatic rings. The third kappa shape index (κ3) is 4.37. The van der Waals surface area contributed by atoms with Gasteiger partial charge in [0, 0.05) is 30.1 Å². The van der Waals surface area contributed by atoms with Gasteiger partial charge in [-0.3, -0.25) is 0 Å². The third-order valence-corrected chi connectivity index (χ3v) is 5.67. The van der Waals surface area contributed by atoms with Gasteiger partial charge >= 0.3 is 0 Å². The summed E-state index contributed by atoms with van der Waals surface area (Å²) in [5.74, 6) is 3.24. The quantitative estimate of drug-likeness (QED) is 0.924. The van der Waals surface area contributed by atoms with Crippen molar-refractivity contribution in [1.82, 2.24) is 10.3 Å². The molecule has 1 saturated carbocycles. The van der Waals surface area contributed by atoms with Crippen molar-refractivity contribution < 1.29 is 4.74 Å². The fraction of sp³-hybridized carbons (Fsp3) is 0.647. The molecule has 1 unspecified atom stereocenters. The Kier molecular flexibility index (Phi) is 5.58. The fourth-order valence-corrected chi connectivity index (χ4v) is 4.32. The van der Waals surface area contributed by atoms with Crippen LogP contribution >= 0.6 is 11.8 Å². The monoisotopic (exact) mass is 317 g/mol. The zero-order valence-electron chi connectivity index (χ0n) is 12.8. The van der Waals surface area contributed by atoms with Crippen LogP contribution in [-0.2, 0) is 0 Å². The topological polar surface area (TPSA) is 57.9 Å². The van der Waals surface area contributed by atoms with E-state index in [1.165, 1.54) is 37.2 Å². The highest BCUT2D eigenvalue weighted by Crippen LogP contribution is 2.25. The number of hydrogen-bond donors (Lipinski definition) is 1. The zero-order chi connectivity index (χ0) is 15.2. The highest BCUT2D eigenvalue weighted by Gasteiger charge is 2.25. The summed E-state index contributed by atoms with van der Waals surface area (Å²) >= 11 is 2.08. The normalized spacial score (nSPS) is 28.8. The standard InChI is InChI=1S/C17H23N3OS/c18-10-13-3-8-17(19-11-13)21-16-6-4-14(5-7-16)20-15-2-1-9-22-12-15/h3,8,11,14-16,20H,1-2,4-7,9,12H2. The number of hydrogen-bond acceptors (Lipinski definition) is 5. The Labute approximate surface area is 136 Å². The average molecular weight is 317 g/mol. The van der Waals surface area contributed by atoms with Gasteiger partial charge in [0.1, 0.15) is 12.2 Å². The molecule has 0 aromatic carbocycles. The summed E-state index contributed by atoms with van der Waals surface area (Å²) in [6.07, 6.45) is 9.05. The Morgan fingerprint density at radius 2 is 2.05 bits per heavy atom. The maximum atomic E-state index is 8.77. The van der Waals surface area contributed by atoms with Crippen LogP contribution in [0.4, 0.5) is 0 Å². The highest BCUT2D eigenvalue weighted by molar-refractivity contribution is 7.99. The molecule has 1 aromatic heterocycles. The molecular formula is C17H23N3OS. The summed E-state index contributed by atoms with van der Waals surface area (Å²) in [6.45, 7) is 0. The van der Waals surface area contributed by atoms with Gasteiger partial charge in [0.05, 0.1) is 5.56 Å². The molecule has 0 radical (unpaired) electrons. The van der Waals surface area contributed by atoms with Crippen molar-refractivity contribution in [1.29, 1.82) is 5.26 Å². The van der Waals surface area contributed by atoms with E-state index in [-0.39, 0.29) is 6.10 Å². The van der Waals surface area contributed by atoms with Gasteiger partial charge in [-0.2, -0.15) is 17.0 Å². The number of thioether (sulfide) groups is 1. The summed E-state index contributed by atoms with van der Waals surface area (Å²) in [4.78, 5) is 4.19. The minimum absolute atomic E-state index is 0.263. The second-order valence-corrected chi connectivity index (χ2v) is 7.32. The van der Waals surface area contributed by atoms with Gasteiger partial charge in [0.2, 0.25) is 5.88 Å². The maximum Gasteiger partial charge on any atom is 0.213 e. The number of nitrogens with one attached hydrogen (secondary N) is 1. The van der Waals surface area contributed by atoms with Crippen LogP contribution in [0.3, 0.4) is 0 Å². The molecule has 0 amide bonds. The summed E-state index contributed by atoms with van der Waals surface area (Å²) < 4.78 is 5.94. The van der Waals surface area contributed by atoms with E-state index >= 15 is 0 Å². The van der Waals surface area contributed by atoms with Crippen molar-refractivity contribution in [2.75, 3.05) is 11.5 Å². The van der Waals surface area contributed by atoms with E-state index in [2.05, 4.69) is 28.1 Å². The number of pyridine rings is 1. The lowest BCUT2D eigenvalue weighted by Gasteiger charge is -2.33. The molecule has 22 heavy (non-hydrogen) atoms. The summed E-state index contributed by atoms with van der Waals surface area (Å²) in [7, 11) is 0. The van der Waals surface area contributed by atoms with Crippen molar-refractivity contribution in [3.05, 3.63) is 23.9 Å². The minimum Gasteiger partial charge on any atom is -0.474 e. The number of nitriles is 1. The Balaban J connectivity index is 1.42. The molecule has 2 heterocycles. The zero-order valence-corrected chi connectivity index (χ0v) is 13.6. The second kappa shape index (κ2) is 7.85. The Hall–Kier alpha value is -1.25. The predicted octanol–water partition coefficient (Wildman–Crippen LogP) is 3.13. The van der Waals surface area contributed by atoms with E-state index in [1.807, 2.05) is 0 Å². The molecule has 0 bridgehead atoms. The fourth-order valence-electron chi connectivity index (χ4n) is 3.24. The van der Waals surface area contributed by atoms with Crippen molar-refractivity contribution in [3.8, 4) is 11.9 Å². The van der Waals surface area contributed by atoms with Gasteiger partial charge in [0.25, 0.3) is 0 Å². The number of rotatable bonds is 4. The Morgan fingerprint density at radius 3 is 2.68 bits per heavy atom. The largest absolute Gasteiger partial charge is 0.474 e. The summed E-state index contributed by atoms with van der Waals surface area (Å²) in [5.41, 5.74) is 0.575. The van der Waals surface area contributed by atoms with Crippen LogP contribution < -0.4 is 10.1 Å². The number of ether oxygens (including phenoxy) is 1. The molecule has 1 atom stereocenters. The van der Waals surface area contributed by atoms with E-state index < -0.39 is 0 Å². The van der Waals surface area contributed by atoms with Crippen LogP contribution in [0.1, 0.15) is 44.1 Å². The van der Waals surface area contributed by atoms with Gasteiger partial charge in [-0.15, -0.1) is 0 Å². The molecule has 1 aliphatic heterocycles. The lowest BCUT2D eigenvalue weighted by molar-refractivity contribution is 0.131. The van der Waals surface area contributed by atoms with E-state index in [1.54, 1.807) is 18.3 Å². The van der Waals surface area contributed by atoms with Crippen LogP contribution in [0, 0.1) is 11.3 Å². The SMILES string of the molecule is N#Cc1ccc(OC2CCC(NC3CCCSC3)CC2)nc1. The summed E-state index contributed by atoms with van der Waals surface area (Å²) in [6, 6.07) is 6.99. The van der Waals surface area contributed by atoms with Crippen LogP contribution in [0.2, 0.25) is 0 Å². The molecular weight excluding hydrogens is 294 g/mol. The van der Waals surface area contributed by atoms with E-state index in [9.17, 15) is 0 Å². The van der Waals surface area contributed by atoms with Gasteiger partial charge in [0.15, 0.2) is 0 Å². The van der Waals surface area contributed by atoms with E-state index in [4.69, 9.17) is 10.00 Å². The van der Waals surface area contributed by atoms with Gasteiger partial charge in [-0.05, 0) is 50.3 Å². The minimum atomic E-state index is 0.263. The third-order valence-electron chi connectivity index (χ3n) is 4.46. The average Bonchev–Trinajstić information content (AvgIpc) is 2.58. The summed E-state index contributed by atoms with van der Waals surface area (Å²) in [5, 5.41) is 12.6. The molecule has 2 fully saturated rings. The van der Waals surface area contributed by atoms with Gasteiger partial charge in [-0.1, -0.05) is 0 Å². The molecule has 1 aliphatic carbocycles. The van der Waals surface area contributed by atoms with Gasteiger partial charge in [-0.25, -0.2) is 4.98 Å². The Bertz CT molecular complexity index is 500. The van der Waals surface area contributed by atoms with Crippen molar-refractivity contribution in [2.24, 2.45) is 0 Å². The Morgan fingerprint density at radius 1 is 1.18 bits per heavy atom. The molecule has 0 spiro atoms. The van der Waals surface area contributed by atoms with E-state index in [0.29, 0.717) is 23.5 Å². The molecule has 1 N–H and O–H groups in total. The smallest absolute Gasteiger partial charge is 0.213 e.